The van der Waals surface area contributed by atoms with Crippen molar-refractivity contribution in [2.75, 3.05) is 13.1 Å². The highest BCUT2D eigenvalue weighted by atomic mass is 16.6. The van der Waals surface area contributed by atoms with Crippen LogP contribution >= 0.6 is 0 Å². The van der Waals surface area contributed by atoms with Crippen LogP contribution in [0.15, 0.2) is 0 Å². The summed E-state index contributed by atoms with van der Waals surface area (Å²) in [4.78, 5) is 13.4. The number of ether oxygens (including phenoxy) is 1. The Labute approximate surface area is 102 Å². The van der Waals surface area contributed by atoms with E-state index in [1.807, 2.05) is 20.8 Å². The van der Waals surface area contributed by atoms with Crippen LogP contribution in [-0.2, 0) is 4.74 Å². The molecule has 1 saturated carbocycles. The largest absolute Gasteiger partial charge is 0.444 e. The van der Waals surface area contributed by atoms with Crippen LogP contribution in [0.25, 0.3) is 0 Å². The first-order valence-corrected chi connectivity index (χ1v) is 6.12. The average Bonchev–Trinajstić information content (AvgIpc) is 2.37. The number of nitrogens with two attached hydrogens (primary N) is 1. The Morgan fingerprint density at radius 3 is 2.41 bits per heavy atom. The molecule has 98 valence electrons. The first-order chi connectivity index (χ1) is 7.71. The second-order valence-electron chi connectivity index (χ2n) is 6.48. The number of carbonyl (C=O) groups is 1. The number of aliphatic hydroxyl groups is 1. The van der Waals surface area contributed by atoms with E-state index >= 15 is 0 Å². The van der Waals surface area contributed by atoms with Crippen molar-refractivity contribution in [3.8, 4) is 0 Å². The number of aliphatic hydroxyl groups excluding tert-OH is 1. The zero-order chi connectivity index (χ0) is 12.8. The molecule has 0 aromatic heterocycles. The fourth-order valence-corrected chi connectivity index (χ4v) is 2.79. The molecule has 2 rings (SSSR count). The van der Waals surface area contributed by atoms with Gasteiger partial charge >= 0.3 is 6.09 Å². The van der Waals surface area contributed by atoms with E-state index in [9.17, 15) is 9.90 Å². The lowest BCUT2D eigenvalue weighted by atomic mass is 9.78. The maximum Gasteiger partial charge on any atom is 0.410 e. The van der Waals surface area contributed by atoms with Crippen molar-refractivity contribution in [3.63, 3.8) is 0 Å². The van der Waals surface area contributed by atoms with E-state index in [4.69, 9.17) is 10.5 Å². The molecule has 1 saturated heterocycles. The summed E-state index contributed by atoms with van der Waals surface area (Å²) in [6, 6.07) is -0.143. The number of hydrogen-bond acceptors (Lipinski definition) is 4. The minimum atomic E-state index is -0.453. The van der Waals surface area contributed by atoms with Crippen molar-refractivity contribution in [2.45, 2.75) is 51.4 Å². The minimum Gasteiger partial charge on any atom is -0.444 e. The molecule has 2 fully saturated rings. The molecule has 1 heterocycles. The Morgan fingerprint density at radius 2 is 2.00 bits per heavy atom. The van der Waals surface area contributed by atoms with Gasteiger partial charge in [-0.05, 0) is 33.6 Å². The summed E-state index contributed by atoms with van der Waals surface area (Å²) in [6.45, 7) is 6.89. The van der Waals surface area contributed by atoms with Crippen LogP contribution in [0.2, 0.25) is 0 Å². The molecular weight excluding hydrogens is 220 g/mol. The Kier molecular flexibility index (Phi) is 2.86. The summed E-state index contributed by atoms with van der Waals surface area (Å²) < 4.78 is 5.29. The predicted molar refractivity (Wildman–Crippen MR) is 63.5 cm³/mol. The summed E-state index contributed by atoms with van der Waals surface area (Å²) in [5, 5.41) is 9.65. The average molecular weight is 242 g/mol. The predicted octanol–water partition coefficient (Wildman–Crippen LogP) is 0.705. The summed E-state index contributed by atoms with van der Waals surface area (Å²) in [5.74, 6) is 0. The molecule has 0 radical (unpaired) electrons. The molecule has 3 N–H and O–H groups in total. The van der Waals surface area contributed by atoms with Crippen LogP contribution in [0, 0.1) is 5.41 Å². The van der Waals surface area contributed by atoms with E-state index in [2.05, 4.69) is 0 Å². The fraction of sp³-hybridized carbons (Fsp3) is 0.917. The van der Waals surface area contributed by atoms with Crippen LogP contribution in [-0.4, -0.2) is 46.9 Å². The normalized spacial score (nSPS) is 31.5. The van der Waals surface area contributed by atoms with Crippen molar-refractivity contribution >= 4 is 6.09 Å². The van der Waals surface area contributed by atoms with Crippen molar-refractivity contribution < 1.29 is 14.6 Å². The van der Waals surface area contributed by atoms with Crippen LogP contribution in [0.3, 0.4) is 0 Å². The first kappa shape index (κ1) is 12.6. The Hall–Kier alpha value is -0.810. The third-order valence-electron chi connectivity index (χ3n) is 3.51. The number of rotatable bonds is 0. The standard InChI is InChI=1S/C12H22N2O3/c1-11(2,3)17-10(16)14-6-12(7-14)4-8(13)9(15)5-12/h8-9,15H,4-7,13H2,1-3H3/t8-,9-/m1/s1. The van der Waals surface area contributed by atoms with Gasteiger partial charge in [0.25, 0.3) is 0 Å². The number of amides is 1. The Bertz CT molecular complexity index is 306. The second kappa shape index (κ2) is 3.85. The second-order valence-corrected chi connectivity index (χ2v) is 6.48. The summed E-state index contributed by atoms with van der Waals surface area (Å²) in [5.41, 5.74) is 5.39. The molecule has 0 aromatic rings. The highest BCUT2D eigenvalue weighted by Crippen LogP contribution is 2.45. The van der Waals surface area contributed by atoms with Crippen molar-refractivity contribution in [2.24, 2.45) is 11.1 Å². The summed E-state index contributed by atoms with van der Waals surface area (Å²) >= 11 is 0. The topological polar surface area (TPSA) is 75.8 Å². The van der Waals surface area contributed by atoms with Gasteiger partial charge in [-0.2, -0.15) is 0 Å². The van der Waals surface area contributed by atoms with Gasteiger partial charge in [0.05, 0.1) is 6.10 Å². The number of nitrogens with zero attached hydrogens (tertiary/aromatic N) is 1. The molecule has 0 unspecified atom stereocenters. The molecule has 2 aliphatic rings. The van der Waals surface area contributed by atoms with Crippen LogP contribution < -0.4 is 5.73 Å². The highest BCUT2D eigenvalue weighted by molar-refractivity contribution is 5.69. The van der Waals surface area contributed by atoms with Crippen LogP contribution in [0.5, 0.6) is 0 Å². The van der Waals surface area contributed by atoms with Crippen LogP contribution in [0.4, 0.5) is 4.79 Å². The number of carbonyl (C=O) groups excluding carboxylic acids is 1. The lowest BCUT2D eigenvalue weighted by Crippen LogP contribution is -2.58. The van der Waals surface area contributed by atoms with Crippen molar-refractivity contribution in [3.05, 3.63) is 0 Å². The third kappa shape index (κ3) is 2.55. The Balaban J connectivity index is 1.85. The monoisotopic (exact) mass is 242 g/mol. The third-order valence-corrected chi connectivity index (χ3v) is 3.51. The van der Waals surface area contributed by atoms with E-state index in [-0.39, 0.29) is 17.6 Å². The molecule has 0 aromatic carbocycles. The van der Waals surface area contributed by atoms with Gasteiger partial charge in [0.2, 0.25) is 0 Å². The first-order valence-electron chi connectivity index (χ1n) is 6.12. The van der Waals surface area contributed by atoms with Gasteiger partial charge in [0.1, 0.15) is 5.60 Å². The van der Waals surface area contributed by atoms with Crippen molar-refractivity contribution in [1.29, 1.82) is 0 Å². The molecule has 1 amide bonds. The van der Waals surface area contributed by atoms with E-state index in [1.165, 1.54) is 0 Å². The quantitative estimate of drug-likeness (QED) is 0.656. The lowest BCUT2D eigenvalue weighted by Gasteiger charge is -2.48. The zero-order valence-corrected chi connectivity index (χ0v) is 10.8. The van der Waals surface area contributed by atoms with E-state index in [1.54, 1.807) is 4.90 Å². The maximum absolute atomic E-state index is 11.8. The van der Waals surface area contributed by atoms with Gasteiger partial charge in [-0.3, -0.25) is 0 Å². The Morgan fingerprint density at radius 1 is 1.41 bits per heavy atom. The zero-order valence-electron chi connectivity index (χ0n) is 10.8. The highest BCUT2D eigenvalue weighted by Gasteiger charge is 2.52. The minimum absolute atomic E-state index is 0.0374. The molecule has 0 bridgehead atoms. The molecule has 1 aliphatic heterocycles. The maximum atomic E-state index is 11.8. The fourth-order valence-electron chi connectivity index (χ4n) is 2.79. The lowest BCUT2D eigenvalue weighted by molar-refractivity contribution is -0.0359. The number of likely N-dealkylation sites (tertiary alicyclic amines) is 1. The SMILES string of the molecule is CC(C)(C)OC(=O)N1CC2(C[C@@H](N)[C@H](O)C2)C1. The van der Waals surface area contributed by atoms with Gasteiger partial charge < -0.3 is 20.5 Å². The van der Waals surface area contributed by atoms with E-state index in [0.29, 0.717) is 19.5 Å². The summed E-state index contributed by atoms with van der Waals surface area (Å²) in [6.07, 6.45) is 0.815. The van der Waals surface area contributed by atoms with Crippen molar-refractivity contribution in [1.82, 2.24) is 4.90 Å². The molecule has 17 heavy (non-hydrogen) atoms. The molecular formula is C12H22N2O3. The van der Waals surface area contributed by atoms with Crippen LogP contribution in [0.1, 0.15) is 33.6 Å². The van der Waals surface area contributed by atoms with Gasteiger partial charge in [-0.1, -0.05) is 0 Å². The summed E-state index contributed by atoms with van der Waals surface area (Å²) in [7, 11) is 0. The number of hydrogen-bond donors (Lipinski definition) is 2. The van der Waals surface area contributed by atoms with E-state index in [0.717, 1.165) is 6.42 Å². The van der Waals surface area contributed by atoms with E-state index < -0.39 is 11.7 Å². The molecule has 5 nitrogen and oxygen atoms in total. The van der Waals surface area contributed by atoms with Gasteiger partial charge in [-0.15, -0.1) is 0 Å². The molecule has 1 aliphatic carbocycles. The van der Waals surface area contributed by atoms with Gasteiger partial charge in [0, 0.05) is 24.5 Å². The molecule has 2 atom stereocenters. The van der Waals surface area contributed by atoms with Gasteiger partial charge in [-0.25, -0.2) is 4.79 Å². The molecule has 1 spiro atoms. The molecule has 5 heteroatoms. The smallest absolute Gasteiger partial charge is 0.410 e. The van der Waals surface area contributed by atoms with Gasteiger partial charge in [0.15, 0.2) is 0 Å².